The van der Waals surface area contributed by atoms with E-state index in [2.05, 4.69) is 13.8 Å². The van der Waals surface area contributed by atoms with Crippen LogP contribution in [0.4, 0.5) is 0 Å². The highest BCUT2D eigenvalue weighted by Crippen LogP contribution is 2.09. The third kappa shape index (κ3) is 9.51. The predicted molar refractivity (Wildman–Crippen MR) is 76.7 cm³/mol. The van der Waals surface area contributed by atoms with Crippen LogP contribution in [0.5, 0.6) is 0 Å². The third-order valence-electron chi connectivity index (χ3n) is 2.80. The molecular formula is C15H29NO3. The molecule has 0 aromatic heterocycles. The molecular weight excluding hydrogens is 242 g/mol. The van der Waals surface area contributed by atoms with Crippen LogP contribution in [0.15, 0.2) is 0 Å². The summed E-state index contributed by atoms with van der Waals surface area (Å²) in [6.07, 6.45) is 1.79. The third-order valence-corrected chi connectivity index (χ3v) is 2.80. The van der Waals surface area contributed by atoms with Crippen LogP contribution in [0.2, 0.25) is 0 Å². The number of ether oxygens (including phenoxy) is 1. The second kappa shape index (κ2) is 9.82. The van der Waals surface area contributed by atoms with Crippen LogP contribution in [0.1, 0.15) is 53.9 Å². The minimum absolute atomic E-state index is 0.139. The highest BCUT2D eigenvalue weighted by Gasteiger charge is 2.16. The molecule has 0 unspecified atom stereocenters. The van der Waals surface area contributed by atoms with Crippen molar-refractivity contribution in [2.75, 3.05) is 19.7 Å². The van der Waals surface area contributed by atoms with Gasteiger partial charge in [0.2, 0.25) is 5.91 Å². The van der Waals surface area contributed by atoms with Crippen molar-refractivity contribution < 1.29 is 14.3 Å². The smallest absolute Gasteiger partial charge is 0.307 e. The summed E-state index contributed by atoms with van der Waals surface area (Å²) >= 11 is 0. The first-order chi connectivity index (χ1) is 8.86. The summed E-state index contributed by atoms with van der Waals surface area (Å²) in [5, 5.41) is 0. The minimum atomic E-state index is -0.227. The first kappa shape index (κ1) is 17.9. The van der Waals surface area contributed by atoms with E-state index < -0.39 is 0 Å². The monoisotopic (exact) mass is 271 g/mol. The van der Waals surface area contributed by atoms with Crippen molar-refractivity contribution >= 4 is 11.9 Å². The van der Waals surface area contributed by atoms with Crippen LogP contribution in [0.25, 0.3) is 0 Å². The van der Waals surface area contributed by atoms with Gasteiger partial charge in [-0.25, -0.2) is 0 Å². The second-order valence-electron chi connectivity index (χ2n) is 5.72. The predicted octanol–water partition coefficient (Wildman–Crippen LogP) is 2.86. The van der Waals surface area contributed by atoms with Crippen molar-refractivity contribution in [1.82, 2.24) is 4.90 Å². The Labute approximate surface area is 117 Å². The van der Waals surface area contributed by atoms with Gasteiger partial charge in [0, 0.05) is 19.5 Å². The molecule has 4 heteroatoms. The second-order valence-corrected chi connectivity index (χ2v) is 5.72. The van der Waals surface area contributed by atoms with Gasteiger partial charge in [-0.05, 0) is 25.2 Å². The molecule has 0 N–H and O–H groups in total. The van der Waals surface area contributed by atoms with Gasteiger partial charge in [-0.3, -0.25) is 9.59 Å². The Morgan fingerprint density at radius 2 is 1.68 bits per heavy atom. The Bertz CT molecular complexity index is 275. The van der Waals surface area contributed by atoms with Crippen LogP contribution in [-0.2, 0) is 14.3 Å². The lowest BCUT2D eigenvalue weighted by molar-refractivity contribution is -0.144. The minimum Gasteiger partial charge on any atom is -0.466 e. The van der Waals surface area contributed by atoms with Gasteiger partial charge in [-0.2, -0.15) is 0 Å². The fourth-order valence-electron chi connectivity index (χ4n) is 1.71. The number of rotatable bonds is 9. The summed E-state index contributed by atoms with van der Waals surface area (Å²) in [5.41, 5.74) is 0. The Morgan fingerprint density at radius 1 is 1.05 bits per heavy atom. The average Bonchev–Trinajstić information content (AvgIpc) is 2.27. The van der Waals surface area contributed by atoms with E-state index in [0.717, 1.165) is 13.0 Å². The summed E-state index contributed by atoms with van der Waals surface area (Å²) in [5.74, 6) is 0.808. The van der Waals surface area contributed by atoms with Gasteiger partial charge in [-0.1, -0.05) is 27.7 Å². The van der Waals surface area contributed by atoms with E-state index in [9.17, 15) is 9.59 Å². The zero-order chi connectivity index (χ0) is 14.8. The van der Waals surface area contributed by atoms with Crippen molar-refractivity contribution in [2.24, 2.45) is 11.8 Å². The first-order valence-electron chi connectivity index (χ1n) is 7.30. The van der Waals surface area contributed by atoms with E-state index in [1.165, 1.54) is 0 Å². The molecule has 4 nitrogen and oxygen atoms in total. The van der Waals surface area contributed by atoms with Crippen LogP contribution in [0.3, 0.4) is 0 Å². The average molecular weight is 271 g/mol. The molecule has 0 aromatic carbocycles. The molecule has 0 saturated heterocycles. The van der Waals surface area contributed by atoms with Crippen molar-refractivity contribution in [3.8, 4) is 0 Å². The molecule has 0 heterocycles. The molecule has 0 rings (SSSR count). The molecule has 0 radical (unpaired) electrons. The maximum Gasteiger partial charge on any atom is 0.307 e. The van der Waals surface area contributed by atoms with Crippen molar-refractivity contribution in [2.45, 2.75) is 53.9 Å². The zero-order valence-electron chi connectivity index (χ0n) is 13.1. The van der Waals surface area contributed by atoms with E-state index >= 15 is 0 Å². The summed E-state index contributed by atoms with van der Waals surface area (Å²) in [6, 6.07) is 0. The molecule has 0 spiro atoms. The Balaban J connectivity index is 4.32. The summed E-state index contributed by atoms with van der Waals surface area (Å²) < 4.78 is 4.90. The van der Waals surface area contributed by atoms with E-state index in [0.29, 0.717) is 31.4 Å². The van der Waals surface area contributed by atoms with Gasteiger partial charge in [0.15, 0.2) is 0 Å². The van der Waals surface area contributed by atoms with E-state index in [1.807, 2.05) is 13.8 Å². The van der Waals surface area contributed by atoms with Crippen LogP contribution >= 0.6 is 0 Å². The van der Waals surface area contributed by atoms with E-state index in [1.54, 1.807) is 11.8 Å². The maximum atomic E-state index is 12.1. The highest BCUT2D eigenvalue weighted by molar-refractivity contribution is 5.77. The number of carbonyl (C=O) groups is 2. The first-order valence-corrected chi connectivity index (χ1v) is 7.30. The Kier molecular flexibility index (Phi) is 9.27. The lowest BCUT2D eigenvalue weighted by Crippen LogP contribution is -2.35. The lowest BCUT2D eigenvalue weighted by Gasteiger charge is -2.24. The number of nitrogens with zero attached hydrogens (tertiary/aromatic N) is 1. The van der Waals surface area contributed by atoms with Crippen LogP contribution in [0, 0.1) is 11.8 Å². The van der Waals surface area contributed by atoms with Gasteiger partial charge < -0.3 is 9.64 Å². The van der Waals surface area contributed by atoms with Gasteiger partial charge >= 0.3 is 5.97 Å². The lowest BCUT2D eigenvalue weighted by atomic mass is 10.1. The molecule has 0 aliphatic heterocycles. The van der Waals surface area contributed by atoms with Crippen LogP contribution < -0.4 is 0 Å². The van der Waals surface area contributed by atoms with Gasteiger partial charge in [-0.15, -0.1) is 0 Å². The van der Waals surface area contributed by atoms with Gasteiger partial charge in [0.1, 0.15) is 0 Å². The number of hydrogen-bond acceptors (Lipinski definition) is 3. The SMILES string of the molecule is CCOC(=O)CCN(CCC(C)C)C(=O)CC(C)C. The standard InChI is InChI=1S/C15H29NO3/c1-6-19-15(18)8-10-16(9-7-12(2)3)14(17)11-13(4)5/h12-13H,6-11H2,1-5H3. The van der Waals surface area contributed by atoms with Crippen molar-refractivity contribution in [3.63, 3.8) is 0 Å². The molecule has 0 atom stereocenters. The summed E-state index contributed by atoms with van der Waals surface area (Å²) in [7, 11) is 0. The Morgan fingerprint density at radius 3 is 2.16 bits per heavy atom. The number of esters is 1. The topological polar surface area (TPSA) is 46.6 Å². The van der Waals surface area contributed by atoms with Gasteiger partial charge in [0.05, 0.1) is 13.0 Å². The molecule has 0 aliphatic rings. The fourth-order valence-corrected chi connectivity index (χ4v) is 1.71. The Hall–Kier alpha value is -1.06. The van der Waals surface area contributed by atoms with Crippen molar-refractivity contribution in [1.29, 1.82) is 0 Å². The summed E-state index contributed by atoms with van der Waals surface area (Å²) in [6.45, 7) is 11.7. The highest BCUT2D eigenvalue weighted by atomic mass is 16.5. The van der Waals surface area contributed by atoms with Gasteiger partial charge in [0.25, 0.3) is 0 Å². The van der Waals surface area contributed by atoms with E-state index in [4.69, 9.17) is 4.74 Å². The quantitative estimate of drug-likeness (QED) is 0.606. The van der Waals surface area contributed by atoms with E-state index in [-0.39, 0.29) is 18.3 Å². The molecule has 19 heavy (non-hydrogen) atoms. The number of amides is 1. The normalized spacial score (nSPS) is 10.9. The molecule has 0 bridgehead atoms. The van der Waals surface area contributed by atoms with Crippen LogP contribution in [-0.4, -0.2) is 36.5 Å². The fraction of sp³-hybridized carbons (Fsp3) is 0.867. The molecule has 0 fully saturated rings. The zero-order valence-corrected chi connectivity index (χ0v) is 13.1. The number of hydrogen-bond donors (Lipinski definition) is 0. The maximum absolute atomic E-state index is 12.1. The number of carbonyl (C=O) groups excluding carboxylic acids is 2. The molecule has 0 saturated carbocycles. The molecule has 112 valence electrons. The largest absolute Gasteiger partial charge is 0.466 e. The van der Waals surface area contributed by atoms with Crippen molar-refractivity contribution in [3.05, 3.63) is 0 Å². The molecule has 0 aliphatic carbocycles. The molecule has 1 amide bonds. The molecule has 0 aromatic rings. The summed E-state index contributed by atoms with van der Waals surface area (Å²) in [4.78, 5) is 25.3.